The molecule has 0 unspecified atom stereocenters. The van der Waals surface area contributed by atoms with Gasteiger partial charge in [-0.15, -0.1) is 0 Å². The van der Waals surface area contributed by atoms with Gasteiger partial charge in [0.2, 0.25) is 0 Å². The van der Waals surface area contributed by atoms with Crippen LogP contribution in [0.15, 0.2) is 24.3 Å². The third-order valence-electron chi connectivity index (χ3n) is 4.64. The van der Waals surface area contributed by atoms with Gasteiger partial charge in [0.15, 0.2) is 0 Å². The number of carboxylic acid groups (broad SMARTS) is 2. The molecule has 1 saturated heterocycles. The van der Waals surface area contributed by atoms with Crippen LogP contribution in [0.1, 0.15) is 45.1 Å². The van der Waals surface area contributed by atoms with Crippen molar-refractivity contribution in [1.82, 2.24) is 4.90 Å². The summed E-state index contributed by atoms with van der Waals surface area (Å²) >= 11 is 0. The highest BCUT2D eigenvalue weighted by atomic mass is 16.5. The standard InChI is InChI=1S/C19H31NO2.C2H2O4/c1-16(2)18-6-4-5-7-19(18)22-15-14-21-13-12-20-10-8-17(3)9-11-20;3-1(4)2(5)6/h4-7,16-17H,8-15H2,1-3H3;(H,3,4)(H,5,6). The normalized spacial score (nSPS) is 15.0. The van der Waals surface area contributed by atoms with Gasteiger partial charge in [-0.05, 0) is 49.4 Å². The molecule has 28 heavy (non-hydrogen) atoms. The van der Waals surface area contributed by atoms with Crippen molar-refractivity contribution in [2.45, 2.75) is 39.5 Å². The maximum Gasteiger partial charge on any atom is 0.414 e. The van der Waals surface area contributed by atoms with Crippen LogP contribution in [-0.2, 0) is 14.3 Å². The van der Waals surface area contributed by atoms with Crippen molar-refractivity contribution in [3.63, 3.8) is 0 Å². The smallest absolute Gasteiger partial charge is 0.414 e. The zero-order valence-electron chi connectivity index (χ0n) is 17.1. The first-order valence-corrected chi connectivity index (χ1v) is 9.79. The summed E-state index contributed by atoms with van der Waals surface area (Å²) in [7, 11) is 0. The molecule has 2 rings (SSSR count). The first-order chi connectivity index (χ1) is 13.3. The summed E-state index contributed by atoms with van der Waals surface area (Å²) in [4.78, 5) is 20.7. The van der Waals surface area contributed by atoms with Crippen LogP contribution in [0, 0.1) is 5.92 Å². The van der Waals surface area contributed by atoms with E-state index in [0.717, 1.165) is 24.8 Å². The van der Waals surface area contributed by atoms with E-state index >= 15 is 0 Å². The van der Waals surface area contributed by atoms with Crippen molar-refractivity contribution >= 4 is 11.9 Å². The van der Waals surface area contributed by atoms with Gasteiger partial charge in [0.1, 0.15) is 12.4 Å². The Balaban J connectivity index is 0.000000568. The molecule has 0 aliphatic carbocycles. The second-order valence-electron chi connectivity index (χ2n) is 7.29. The van der Waals surface area contributed by atoms with Crippen LogP contribution in [0.2, 0.25) is 0 Å². The zero-order chi connectivity index (χ0) is 20.9. The monoisotopic (exact) mass is 395 g/mol. The Hall–Kier alpha value is -2.12. The second-order valence-corrected chi connectivity index (χ2v) is 7.29. The Morgan fingerprint density at radius 1 is 1.07 bits per heavy atom. The molecule has 1 aromatic carbocycles. The highest BCUT2D eigenvalue weighted by Gasteiger charge is 2.14. The number of hydrogen-bond acceptors (Lipinski definition) is 5. The van der Waals surface area contributed by atoms with E-state index in [0.29, 0.717) is 19.1 Å². The molecule has 0 saturated carbocycles. The van der Waals surface area contributed by atoms with Gasteiger partial charge in [0, 0.05) is 6.54 Å². The van der Waals surface area contributed by atoms with Crippen LogP contribution in [0.3, 0.4) is 0 Å². The van der Waals surface area contributed by atoms with Gasteiger partial charge >= 0.3 is 11.9 Å². The number of aliphatic carboxylic acids is 2. The third kappa shape index (κ3) is 9.71. The highest BCUT2D eigenvalue weighted by Crippen LogP contribution is 2.25. The predicted octanol–water partition coefficient (Wildman–Crippen LogP) is 3.09. The fourth-order valence-corrected chi connectivity index (χ4v) is 2.88. The molecule has 7 heteroatoms. The van der Waals surface area contributed by atoms with Crippen LogP contribution in [0.25, 0.3) is 0 Å². The Kier molecular flexibility index (Phi) is 11.2. The molecular formula is C21H33NO6. The molecule has 1 aliphatic rings. The van der Waals surface area contributed by atoms with Gasteiger partial charge < -0.3 is 24.6 Å². The number of carbonyl (C=O) groups is 2. The third-order valence-corrected chi connectivity index (χ3v) is 4.64. The second kappa shape index (κ2) is 13.1. The number of nitrogens with zero attached hydrogens (tertiary/aromatic N) is 1. The van der Waals surface area contributed by atoms with Crippen molar-refractivity contribution < 1.29 is 29.3 Å². The van der Waals surface area contributed by atoms with Crippen molar-refractivity contribution in [3.8, 4) is 5.75 Å². The number of hydrogen-bond donors (Lipinski definition) is 2. The van der Waals surface area contributed by atoms with Gasteiger partial charge in [-0.2, -0.15) is 0 Å². The van der Waals surface area contributed by atoms with E-state index < -0.39 is 11.9 Å². The Morgan fingerprint density at radius 2 is 1.68 bits per heavy atom. The van der Waals surface area contributed by atoms with Crippen molar-refractivity contribution in [2.24, 2.45) is 5.92 Å². The van der Waals surface area contributed by atoms with Crippen LogP contribution < -0.4 is 4.74 Å². The summed E-state index contributed by atoms with van der Waals surface area (Å²) in [6.07, 6.45) is 2.66. The summed E-state index contributed by atoms with van der Waals surface area (Å²) < 4.78 is 11.6. The van der Waals surface area contributed by atoms with Crippen LogP contribution in [0.4, 0.5) is 0 Å². The molecule has 0 spiro atoms. The molecule has 0 bridgehead atoms. The molecule has 7 nitrogen and oxygen atoms in total. The molecule has 1 aliphatic heterocycles. The Labute approximate surface area is 167 Å². The minimum absolute atomic E-state index is 0.485. The summed E-state index contributed by atoms with van der Waals surface area (Å²) in [5.74, 6) is -1.28. The van der Waals surface area contributed by atoms with Crippen LogP contribution in [-0.4, -0.2) is 66.5 Å². The van der Waals surface area contributed by atoms with Crippen molar-refractivity contribution in [1.29, 1.82) is 0 Å². The molecule has 0 radical (unpaired) electrons. The summed E-state index contributed by atoms with van der Waals surface area (Å²) in [5.41, 5.74) is 1.27. The molecular weight excluding hydrogens is 362 g/mol. The minimum atomic E-state index is -1.82. The lowest BCUT2D eigenvalue weighted by Crippen LogP contribution is -2.35. The van der Waals surface area contributed by atoms with Crippen LogP contribution in [0.5, 0.6) is 5.75 Å². The molecule has 1 heterocycles. The quantitative estimate of drug-likeness (QED) is 0.516. The average Bonchev–Trinajstić information content (AvgIpc) is 2.66. The Morgan fingerprint density at radius 3 is 2.25 bits per heavy atom. The van der Waals surface area contributed by atoms with Gasteiger partial charge in [0.25, 0.3) is 0 Å². The van der Waals surface area contributed by atoms with E-state index in [1.807, 2.05) is 12.1 Å². The van der Waals surface area contributed by atoms with E-state index in [2.05, 4.69) is 37.8 Å². The number of piperidine rings is 1. The molecule has 1 aromatic rings. The van der Waals surface area contributed by atoms with Crippen LogP contribution >= 0.6 is 0 Å². The number of likely N-dealkylation sites (tertiary alicyclic amines) is 1. The molecule has 0 atom stereocenters. The minimum Gasteiger partial charge on any atom is -0.491 e. The topological polar surface area (TPSA) is 96.3 Å². The van der Waals surface area contributed by atoms with E-state index in [1.54, 1.807) is 0 Å². The first kappa shape index (κ1) is 23.9. The summed E-state index contributed by atoms with van der Waals surface area (Å²) in [6.45, 7) is 12.3. The van der Waals surface area contributed by atoms with Crippen molar-refractivity contribution in [3.05, 3.63) is 29.8 Å². The van der Waals surface area contributed by atoms with E-state index in [4.69, 9.17) is 29.3 Å². The maximum absolute atomic E-state index is 9.10. The summed E-state index contributed by atoms with van der Waals surface area (Å²) in [6, 6.07) is 8.28. The molecule has 0 aromatic heterocycles. The zero-order valence-corrected chi connectivity index (χ0v) is 17.1. The van der Waals surface area contributed by atoms with Gasteiger partial charge in [0.05, 0.1) is 13.2 Å². The first-order valence-electron chi connectivity index (χ1n) is 9.79. The lowest BCUT2D eigenvalue weighted by Gasteiger charge is -2.29. The lowest BCUT2D eigenvalue weighted by molar-refractivity contribution is -0.159. The number of para-hydroxylation sites is 1. The Bertz CT molecular complexity index is 584. The van der Waals surface area contributed by atoms with Crippen molar-refractivity contribution in [2.75, 3.05) is 39.5 Å². The van der Waals surface area contributed by atoms with E-state index in [1.165, 1.54) is 31.5 Å². The molecule has 0 amide bonds. The SMILES string of the molecule is CC1CCN(CCOCCOc2ccccc2C(C)C)CC1.O=C(O)C(=O)O. The number of rotatable bonds is 8. The fraction of sp³-hybridized carbons (Fsp3) is 0.619. The van der Waals surface area contributed by atoms with Gasteiger partial charge in [-0.1, -0.05) is 39.0 Å². The average molecular weight is 395 g/mol. The largest absolute Gasteiger partial charge is 0.491 e. The predicted molar refractivity (Wildman–Crippen MR) is 107 cm³/mol. The maximum atomic E-state index is 9.10. The van der Waals surface area contributed by atoms with E-state index in [-0.39, 0.29) is 0 Å². The molecule has 158 valence electrons. The number of benzene rings is 1. The van der Waals surface area contributed by atoms with E-state index in [9.17, 15) is 0 Å². The summed E-state index contributed by atoms with van der Waals surface area (Å²) in [5, 5.41) is 14.8. The number of ether oxygens (including phenoxy) is 2. The lowest BCUT2D eigenvalue weighted by atomic mass is 9.99. The van der Waals surface area contributed by atoms with Gasteiger partial charge in [-0.25, -0.2) is 9.59 Å². The molecule has 1 fully saturated rings. The number of carboxylic acids is 2. The van der Waals surface area contributed by atoms with Gasteiger partial charge in [-0.3, -0.25) is 0 Å². The molecule has 2 N–H and O–H groups in total. The highest BCUT2D eigenvalue weighted by molar-refractivity contribution is 6.27. The fourth-order valence-electron chi connectivity index (χ4n) is 2.88.